The quantitative estimate of drug-likeness (QED) is 0.844. The van der Waals surface area contributed by atoms with E-state index in [0.29, 0.717) is 5.13 Å². The molecule has 5 nitrogen and oxygen atoms in total. The molecule has 1 aliphatic heterocycles. The number of aromatic nitrogens is 2. The minimum absolute atomic E-state index is 0. The number of nitrogens with one attached hydrogen (secondary N) is 2. The number of piperidine rings is 1. The van der Waals surface area contributed by atoms with Gasteiger partial charge in [-0.2, -0.15) is 0 Å². The lowest BCUT2D eigenvalue weighted by atomic mass is 10.0. The van der Waals surface area contributed by atoms with Crippen molar-refractivity contribution in [2.45, 2.75) is 32.2 Å². The lowest BCUT2D eigenvalue weighted by molar-refractivity contribution is -0.118. The molecule has 1 fully saturated rings. The lowest BCUT2D eigenvalue weighted by Crippen LogP contribution is -2.43. The number of hydrogen-bond donors (Lipinski definition) is 2. The summed E-state index contributed by atoms with van der Waals surface area (Å²) in [6.07, 6.45) is 3.17. The third-order valence-corrected chi connectivity index (χ3v) is 3.14. The van der Waals surface area contributed by atoms with Gasteiger partial charge in [0.1, 0.15) is 5.01 Å². The van der Waals surface area contributed by atoms with Gasteiger partial charge in [0, 0.05) is 0 Å². The first-order valence-electron chi connectivity index (χ1n) is 5.10. The summed E-state index contributed by atoms with van der Waals surface area (Å²) < 4.78 is 0. The smallest absolute Gasteiger partial charge is 0.243 e. The van der Waals surface area contributed by atoms with Crippen molar-refractivity contribution in [2.24, 2.45) is 0 Å². The molecule has 1 aromatic rings. The Hall–Kier alpha value is -0.720. The van der Waals surface area contributed by atoms with Crippen LogP contribution >= 0.6 is 23.7 Å². The molecular weight excluding hydrogens is 248 g/mol. The Balaban J connectivity index is 0.00000128. The van der Waals surface area contributed by atoms with Crippen molar-refractivity contribution in [1.29, 1.82) is 0 Å². The van der Waals surface area contributed by atoms with Crippen LogP contribution in [-0.4, -0.2) is 28.7 Å². The van der Waals surface area contributed by atoms with Gasteiger partial charge in [0.2, 0.25) is 11.0 Å². The number of hydrogen-bond acceptors (Lipinski definition) is 5. The van der Waals surface area contributed by atoms with Gasteiger partial charge in [0.15, 0.2) is 0 Å². The summed E-state index contributed by atoms with van der Waals surface area (Å²) >= 11 is 1.40. The fourth-order valence-corrected chi connectivity index (χ4v) is 2.21. The number of amides is 1. The first-order chi connectivity index (χ1) is 7.25. The van der Waals surface area contributed by atoms with Crippen LogP contribution in [0.4, 0.5) is 5.13 Å². The Morgan fingerprint density at radius 2 is 2.31 bits per heavy atom. The van der Waals surface area contributed by atoms with Crippen LogP contribution in [0.5, 0.6) is 0 Å². The highest BCUT2D eigenvalue weighted by Crippen LogP contribution is 2.15. The molecule has 1 aliphatic rings. The molecule has 0 radical (unpaired) electrons. The SMILES string of the molecule is Cc1nnc(NC(=O)[C@H]2CCCCN2)s1.Cl. The Labute approximate surface area is 104 Å². The number of carbonyl (C=O) groups is 1. The van der Waals surface area contributed by atoms with E-state index in [0.717, 1.165) is 30.8 Å². The third kappa shape index (κ3) is 3.40. The Morgan fingerprint density at radius 1 is 1.50 bits per heavy atom. The standard InChI is InChI=1S/C9H14N4OS.ClH/c1-6-12-13-9(15-6)11-8(14)7-4-2-3-5-10-7;/h7,10H,2-5H2,1H3,(H,11,13,14);1H/t7-;/m1./s1. The van der Waals surface area contributed by atoms with E-state index in [9.17, 15) is 4.79 Å². The highest BCUT2D eigenvalue weighted by Gasteiger charge is 2.21. The zero-order valence-electron chi connectivity index (χ0n) is 9.02. The topological polar surface area (TPSA) is 66.9 Å². The number of aryl methyl sites for hydroxylation is 1. The van der Waals surface area contributed by atoms with Gasteiger partial charge in [0.25, 0.3) is 0 Å². The maximum Gasteiger partial charge on any atom is 0.243 e. The summed E-state index contributed by atoms with van der Waals surface area (Å²) in [7, 11) is 0. The highest BCUT2D eigenvalue weighted by atomic mass is 35.5. The fourth-order valence-electron chi connectivity index (χ4n) is 1.62. The molecule has 0 bridgehead atoms. The van der Waals surface area contributed by atoms with Gasteiger partial charge in [-0.05, 0) is 26.3 Å². The van der Waals surface area contributed by atoms with Crippen LogP contribution < -0.4 is 10.6 Å². The molecule has 2 rings (SSSR count). The first-order valence-corrected chi connectivity index (χ1v) is 5.92. The maximum absolute atomic E-state index is 11.7. The van der Waals surface area contributed by atoms with Gasteiger partial charge in [-0.1, -0.05) is 17.8 Å². The van der Waals surface area contributed by atoms with Crippen molar-refractivity contribution in [1.82, 2.24) is 15.5 Å². The maximum atomic E-state index is 11.7. The summed E-state index contributed by atoms with van der Waals surface area (Å²) in [5.41, 5.74) is 0. The average Bonchev–Trinajstić information content (AvgIpc) is 2.65. The summed E-state index contributed by atoms with van der Waals surface area (Å²) in [6, 6.07) is -0.0667. The number of nitrogens with zero attached hydrogens (tertiary/aromatic N) is 2. The molecule has 7 heteroatoms. The van der Waals surface area contributed by atoms with Crippen LogP contribution in [0.2, 0.25) is 0 Å². The highest BCUT2D eigenvalue weighted by molar-refractivity contribution is 7.15. The van der Waals surface area contributed by atoms with Crippen molar-refractivity contribution in [3.05, 3.63) is 5.01 Å². The second kappa shape index (κ2) is 6.12. The average molecular weight is 263 g/mol. The summed E-state index contributed by atoms with van der Waals surface area (Å²) in [6.45, 7) is 2.79. The molecule has 2 heterocycles. The third-order valence-electron chi connectivity index (χ3n) is 2.38. The molecule has 0 saturated carbocycles. The molecular formula is C9H15ClN4OS. The number of anilines is 1. The summed E-state index contributed by atoms with van der Waals surface area (Å²) in [5.74, 6) is 0.00542. The van der Waals surface area contributed by atoms with Gasteiger partial charge in [-0.15, -0.1) is 22.6 Å². The summed E-state index contributed by atoms with van der Waals surface area (Å²) in [4.78, 5) is 11.7. The molecule has 2 N–H and O–H groups in total. The van der Waals surface area contributed by atoms with E-state index < -0.39 is 0 Å². The van der Waals surface area contributed by atoms with Crippen molar-refractivity contribution in [2.75, 3.05) is 11.9 Å². The molecule has 1 aromatic heterocycles. The molecule has 0 aliphatic carbocycles. The van der Waals surface area contributed by atoms with Crippen LogP contribution in [0.15, 0.2) is 0 Å². The van der Waals surface area contributed by atoms with E-state index in [2.05, 4.69) is 20.8 Å². The molecule has 16 heavy (non-hydrogen) atoms. The Morgan fingerprint density at radius 3 is 2.88 bits per heavy atom. The van der Waals surface area contributed by atoms with Crippen LogP contribution in [-0.2, 0) is 4.79 Å². The monoisotopic (exact) mass is 262 g/mol. The van der Waals surface area contributed by atoms with E-state index in [1.54, 1.807) is 0 Å². The van der Waals surface area contributed by atoms with E-state index in [1.165, 1.54) is 11.3 Å². The molecule has 1 saturated heterocycles. The number of carbonyl (C=O) groups excluding carboxylic acids is 1. The van der Waals surface area contributed by atoms with Gasteiger partial charge in [-0.25, -0.2) is 0 Å². The van der Waals surface area contributed by atoms with Crippen LogP contribution in [0.25, 0.3) is 0 Å². The molecule has 0 spiro atoms. The normalized spacial score (nSPS) is 19.9. The minimum Gasteiger partial charge on any atom is -0.306 e. The minimum atomic E-state index is -0.0667. The number of rotatable bonds is 2. The zero-order valence-corrected chi connectivity index (χ0v) is 10.7. The van der Waals surface area contributed by atoms with Gasteiger partial charge in [0.05, 0.1) is 6.04 Å². The van der Waals surface area contributed by atoms with Crippen molar-refractivity contribution >= 4 is 34.8 Å². The molecule has 0 unspecified atom stereocenters. The van der Waals surface area contributed by atoms with Crippen molar-refractivity contribution in [3.8, 4) is 0 Å². The lowest BCUT2D eigenvalue weighted by Gasteiger charge is -2.21. The van der Waals surface area contributed by atoms with Crippen molar-refractivity contribution in [3.63, 3.8) is 0 Å². The van der Waals surface area contributed by atoms with E-state index in [-0.39, 0.29) is 24.4 Å². The Bertz CT molecular complexity index is 351. The molecule has 90 valence electrons. The van der Waals surface area contributed by atoms with Gasteiger partial charge < -0.3 is 5.32 Å². The predicted molar refractivity (Wildman–Crippen MR) is 66.2 cm³/mol. The molecule has 0 aromatic carbocycles. The number of halogens is 1. The van der Waals surface area contributed by atoms with E-state index in [4.69, 9.17) is 0 Å². The largest absolute Gasteiger partial charge is 0.306 e. The molecule has 1 amide bonds. The summed E-state index contributed by atoms with van der Waals surface area (Å²) in [5, 5.41) is 15.1. The van der Waals surface area contributed by atoms with Gasteiger partial charge in [-0.3, -0.25) is 10.1 Å². The second-order valence-electron chi connectivity index (χ2n) is 3.62. The fraction of sp³-hybridized carbons (Fsp3) is 0.667. The van der Waals surface area contributed by atoms with Gasteiger partial charge >= 0.3 is 0 Å². The Kier molecular flexibility index (Phi) is 5.11. The van der Waals surface area contributed by atoms with Crippen LogP contribution in [0.3, 0.4) is 0 Å². The second-order valence-corrected chi connectivity index (χ2v) is 4.80. The zero-order chi connectivity index (χ0) is 10.7. The van der Waals surface area contributed by atoms with E-state index >= 15 is 0 Å². The van der Waals surface area contributed by atoms with E-state index in [1.807, 2.05) is 6.92 Å². The molecule has 1 atom stereocenters. The van der Waals surface area contributed by atoms with Crippen LogP contribution in [0, 0.1) is 6.92 Å². The van der Waals surface area contributed by atoms with Crippen LogP contribution in [0.1, 0.15) is 24.3 Å². The first kappa shape index (κ1) is 13.3. The van der Waals surface area contributed by atoms with Crippen molar-refractivity contribution < 1.29 is 4.79 Å². The predicted octanol–water partition coefficient (Wildman–Crippen LogP) is 1.35.